The minimum Gasteiger partial charge on any atom is -0.407 e. The first-order chi connectivity index (χ1) is 6.17. The van der Waals surface area contributed by atoms with Crippen molar-refractivity contribution in [2.24, 2.45) is 23.2 Å². The highest BCUT2D eigenvalue weighted by Gasteiger charge is 2.79. The van der Waals surface area contributed by atoms with E-state index < -0.39 is 0 Å². The zero-order valence-electron chi connectivity index (χ0n) is 8.12. The lowest BCUT2D eigenvalue weighted by Gasteiger charge is -2.64. The molecule has 0 bridgehead atoms. The predicted molar refractivity (Wildman–Crippen MR) is 47.9 cm³/mol. The highest BCUT2D eigenvalue weighted by atomic mass is 16.7. The van der Waals surface area contributed by atoms with Crippen LogP contribution in [-0.4, -0.2) is 19.4 Å². The van der Waals surface area contributed by atoms with Gasteiger partial charge in [0.1, 0.15) is 0 Å². The summed E-state index contributed by atoms with van der Waals surface area (Å²) in [6, 6.07) is 0. The average molecular weight is 177 g/mol. The summed E-state index contributed by atoms with van der Waals surface area (Å²) in [5, 5.41) is 0. The van der Waals surface area contributed by atoms with Gasteiger partial charge in [-0.05, 0) is 42.9 Å². The molecule has 0 amide bonds. The molecule has 4 aliphatic rings. The predicted octanol–water partition coefficient (Wildman–Crippen LogP) is 1.37. The summed E-state index contributed by atoms with van der Waals surface area (Å²) in [4.78, 5) is 0. The van der Waals surface area contributed by atoms with E-state index in [1.54, 1.807) is 7.69 Å². The van der Waals surface area contributed by atoms with Crippen LogP contribution in [0.4, 0.5) is 0 Å². The molecule has 4 rings (SSSR count). The Morgan fingerprint density at radius 3 is 2.92 bits per heavy atom. The van der Waals surface area contributed by atoms with E-state index in [9.17, 15) is 0 Å². The third-order valence-corrected chi connectivity index (χ3v) is 5.61. The number of fused-ring (bicyclic) bond motifs is 3. The number of hydrogen-bond acceptors (Lipinski definition) is 2. The van der Waals surface area contributed by atoms with Gasteiger partial charge in [0.2, 0.25) is 0 Å². The Hall–Kier alpha value is -0.0151. The van der Waals surface area contributed by atoms with Gasteiger partial charge in [-0.15, -0.1) is 0 Å². The van der Waals surface area contributed by atoms with Crippen molar-refractivity contribution in [1.82, 2.24) is 0 Å². The minimum absolute atomic E-state index is 0.0203. The zero-order chi connectivity index (χ0) is 8.84. The van der Waals surface area contributed by atoms with E-state index in [2.05, 4.69) is 13.8 Å². The molecule has 3 saturated carbocycles. The molecule has 3 heteroatoms. The average Bonchev–Trinajstić information content (AvgIpc) is 2.45. The Morgan fingerprint density at radius 1 is 1.31 bits per heavy atom. The van der Waals surface area contributed by atoms with Crippen molar-refractivity contribution in [1.29, 1.82) is 0 Å². The van der Waals surface area contributed by atoms with Crippen LogP contribution in [0.1, 0.15) is 26.7 Å². The molecule has 4 fully saturated rings. The van der Waals surface area contributed by atoms with E-state index >= 15 is 0 Å². The van der Waals surface area contributed by atoms with Gasteiger partial charge in [-0.2, -0.15) is 0 Å². The van der Waals surface area contributed by atoms with E-state index in [0.717, 1.165) is 17.8 Å². The van der Waals surface area contributed by atoms with Crippen LogP contribution in [0.3, 0.4) is 0 Å². The zero-order valence-corrected chi connectivity index (χ0v) is 8.12. The molecule has 13 heavy (non-hydrogen) atoms. The summed E-state index contributed by atoms with van der Waals surface area (Å²) in [5.74, 6) is 2.52. The van der Waals surface area contributed by atoms with E-state index in [-0.39, 0.29) is 5.60 Å². The van der Waals surface area contributed by atoms with E-state index in [0.29, 0.717) is 11.5 Å². The highest BCUT2D eigenvalue weighted by molar-refractivity contribution is 6.19. The normalized spacial score (nSPS) is 71.8. The standard InChI is InChI=1S/C10H14BO2/c1-9-5-3-6(9)8-10(2,7(9)4-5)13-11-12-8/h5-8H,3-4H2,1-2H3/t5-,6?,7+,8?,9?,10+/m1/s1. The SMILES string of the molecule is CC12C3C[C@@H]1C[C@@H]2[C@]1(C)O[B]OC31. The topological polar surface area (TPSA) is 18.5 Å². The fourth-order valence-corrected chi connectivity index (χ4v) is 4.70. The van der Waals surface area contributed by atoms with Crippen molar-refractivity contribution in [3.63, 3.8) is 0 Å². The summed E-state index contributed by atoms with van der Waals surface area (Å²) in [5.41, 5.74) is 0.597. The summed E-state index contributed by atoms with van der Waals surface area (Å²) in [6.45, 7) is 4.68. The molecule has 1 radical (unpaired) electrons. The van der Waals surface area contributed by atoms with Crippen LogP contribution < -0.4 is 0 Å². The molecule has 1 heterocycles. The van der Waals surface area contributed by atoms with E-state index in [1.807, 2.05) is 0 Å². The Morgan fingerprint density at radius 2 is 2.15 bits per heavy atom. The van der Waals surface area contributed by atoms with Crippen LogP contribution in [0, 0.1) is 23.2 Å². The van der Waals surface area contributed by atoms with Gasteiger partial charge in [-0.3, -0.25) is 0 Å². The molecule has 0 aromatic heterocycles. The van der Waals surface area contributed by atoms with Gasteiger partial charge >= 0.3 is 7.69 Å². The minimum atomic E-state index is 0.0203. The van der Waals surface area contributed by atoms with Crippen LogP contribution in [0.25, 0.3) is 0 Å². The summed E-state index contributed by atoms with van der Waals surface area (Å²) >= 11 is 0. The van der Waals surface area contributed by atoms with E-state index in [4.69, 9.17) is 9.31 Å². The maximum atomic E-state index is 5.71. The molecule has 3 unspecified atom stereocenters. The van der Waals surface area contributed by atoms with Crippen molar-refractivity contribution in [2.45, 2.75) is 38.4 Å². The van der Waals surface area contributed by atoms with Crippen molar-refractivity contribution in [2.75, 3.05) is 0 Å². The number of rotatable bonds is 0. The molecule has 0 N–H and O–H groups in total. The Balaban J connectivity index is 1.85. The van der Waals surface area contributed by atoms with Gasteiger partial charge in [0.25, 0.3) is 0 Å². The molecule has 69 valence electrons. The third-order valence-electron chi connectivity index (χ3n) is 5.61. The van der Waals surface area contributed by atoms with Crippen LogP contribution in [-0.2, 0) is 9.31 Å². The van der Waals surface area contributed by atoms with Gasteiger partial charge in [0, 0.05) is 0 Å². The van der Waals surface area contributed by atoms with Gasteiger partial charge < -0.3 is 9.31 Å². The van der Waals surface area contributed by atoms with E-state index in [1.165, 1.54) is 12.8 Å². The summed E-state index contributed by atoms with van der Waals surface area (Å²) in [6.07, 6.45) is 3.11. The molecular weight excluding hydrogens is 163 g/mol. The molecule has 0 aromatic carbocycles. The van der Waals surface area contributed by atoms with Gasteiger partial charge in [0.05, 0.1) is 11.7 Å². The molecule has 6 atom stereocenters. The number of hydrogen-bond donors (Lipinski definition) is 0. The third kappa shape index (κ3) is 0.498. The van der Waals surface area contributed by atoms with Crippen molar-refractivity contribution in [3.8, 4) is 0 Å². The molecule has 0 aromatic rings. The van der Waals surface area contributed by atoms with Gasteiger partial charge in [0.15, 0.2) is 0 Å². The largest absolute Gasteiger partial charge is 0.488 e. The second-order valence-electron chi connectivity index (χ2n) is 5.65. The summed E-state index contributed by atoms with van der Waals surface area (Å²) < 4.78 is 11.3. The Kier molecular flexibility index (Phi) is 0.967. The van der Waals surface area contributed by atoms with Crippen LogP contribution in [0.5, 0.6) is 0 Å². The first-order valence-electron chi connectivity index (χ1n) is 5.32. The molecule has 2 nitrogen and oxygen atoms in total. The maximum absolute atomic E-state index is 5.71. The lowest BCUT2D eigenvalue weighted by Crippen LogP contribution is -2.59. The molecular formula is C10H14BO2. The van der Waals surface area contributed by atoms with Crippen molar-refractivity contribution >= 4 is 7.69 Å². The molecule has 1 aliphatic heterocycles. The highest BCUT2D eigenvalue weighted by Crippen LogP contribution is 2.78. The fourth-order valence-electron chi connectivity index (χ4n) is 4.70. The Labute approximate surface area is 79.3 Å². The second-order valence-corrected chi connectivity index (χ2v) is 5.65. The molecule has 0 spiro atoms. The van der Waals surface area contributed by atoms with Crippen LogP contribution in [0.15, 0.2) is 0 Å². The maximum Gasteiger partial charge on any atom is 0.488 e. The summed E-state index contributed by atoms with van der Waals surface area (Å²) in [7, 11) is 1.58. The van der Waals surface area contributed by atoms with Crippen molar-refractivity contribution in [3.05, 3.63) is 0 Å². The lowest BCUT2D eigenvalue weighted by molar-refractivity contribution is -0.174. The van der Waals surface area contributed by atoms with Gasteiger partial charge in [-0.25, -0.2) is 0 Å². The quantitative estimate of drug-likeness (QED) is 0.520. The first kappa shape index (κ1) is 7.30. The van der Waals surface area contributed by atoms with Crippen LogP contribution in [0.2, 0.25) is 0 Å². The lowest BCUT2D eigenvalue weighted by atomic mass is 9.41. The fraction of sp³-hybridized carbons (Fsp3) is 1.00. The second kappa shape index (κ2) is 1.72. The van der Waals surface area contributed by atoms with Crippen molar-refractivity contribution < 1.29 is 9.31 Å². The smallest absolute Gasteiger partial charge is 0.407 e. The van der Waals surface area contributed by atoms with Crippen LogP contribution >= 0.6 is 0 Å². The first-order valence-corrected chi connectivity index (χ1v) is 5.32. The Bertz CT molecular complexity index is 291. The van der Waals surface area contributed by atoms with Gasteiger partial charge in [-0.1, -0.05) is 6.92 Å². The molecule has 3 aliphatic carbocycles. The molecule has 1 saturated heterocycles. The monoisotopic (exact) mass is 177 g/mol.